The average Bonchev–Trinajstić information content (AvgIpc) is 2.80. The minimum absolute atomic E-state index is 0.164. The Bertz CT molecular complexity index is 746. The van der Waals surface area contributed by atoms with Gasteiger partial charge in [-0.25, -0.2) is 0 Å². The minimum atomic E-state index is -0.379. The fraction of sp³-hybridized carbons (Fsp3) is 0.200. The van der Waals surface area contributed by atoms with E-state index >= 15 is 0 Å². The molecule has 2 heteroatoms. The second-order valence-corrected chi connectivity index (χ2v) is 5.03. The average molecular weight is 268 g/mol. The first-order valence-corrected chi connectivity index (χ1v) is 6.14. The highest BCUT2D eigenvalue weighted by Crippen LogP contribution is 2.47. The minimum Gasteiger partial charge on any atom is -0.118 e. The lowest BCUT2D eigenvalue weighted by Crippen LogP contribution is -1.95. The quantitative estimate of drug-likeness (QED) is 0.627. The van der Waals surface area contributed by atoms with Crippen LogP contribution in [0, 0.1) is 0 Å². The van der Waals surface area contributed by atoms with Crippen molar-refractivity contribution in [2.75, 3.05) is 0 Å². The first-order chi connectivity index (χ1) is 10.3. The molecule has 0 N–H and O–H groups in total. The summed E-state index contributed by atoms with van der Waals surface area (Å²) < 4.78 is 39.5. The molecule has 0 aliphatic heterocycles. The number of rotatable bonds is 1. The summed E-state index contributed by atoms with van der Waals surface area (Å²) in [6.45, 7) is 0. The van der Waals surface area contributed by atoms with E-state index in [2.05, 4.69) is 0 Å². The second-order valence-electron chi connectivity index (χ2n) is 4.07. The maximum atomic E-state index is 8.11. The van der Waals surface area contributed by atoms with Crippen LogP contribution in [0.4, 0.5) is 0 Å². The number of hydrogen-bond donors (Lipinski definition) is 0. The molecule has 0 bridgehead atoms. The molecule has 2 atom stereocenters. The van der Waals surface area contributed by atoms with E-state index in [1.807, 2.05) is 6.07 Å². The fourth-order valence-electron chi connectivity index (χ4n) is 2.30. The van der Waals surface area contributed by atoms with Gasteiger partial charge in [0, 0.05) is 10.9 Å². The van der Waals surface area contributed by atoms with Crippen molar-refractivity contribution >= 4 is 23.2 Å². The van der Waals surface area contributed by atoms with E-state index < -0.39 is 0 Å². The van der Waals surface area contributed by atoms with Gasteiger partial charge in [0.1, 0.15) is 0 Å². The fourth-order valence-corrected chi connectivity index (χ4v) is 2.85. The van der Waals surface area contributed by atoms with Crippen LogP contribution < -0.4 is 0 Å². The van der Waals surface area contributed by atoms with Crippen LogP contribution in [0.25, 0.3) is 0 Å². The zero-order chi connectivity index (χ0) is 16.2. The Morgan fingerprint density at radius 1 is 1.12 bits per heavy atom. The van der Waals surface area contributed by atoms with Gasteiger partial charge in [-0.05, 0) is 35.2 Å². The molecule has 1 aliphatic rings. The summed E-state index contributed by atoms with van der Waals surface area (Å²) in [4.78, 5) is 0. The molecule has 0 heterocycles. The van der Waals surface area contributed by atoms with Crippen molar-refractivity contribution in [1.82, 2.24) is 0 Å². The van der Waals surface area contributed by atoms with Gasteiger partial charge in [0.15, 0.2) is 0 Å². The van der Waals surface area contributed by atoms with Crippen molar-refractivity contribution in [3.05, 3.63) is 70.1 Å². The van der Waals surface area contributed by atoms with Crippen LogP contribution in [-0.4, -0.2) is 0 Å². The number of benzene rings is 2. The van der Waals surface area contributed by atoms with E-state index in [9.17, 15) is 0 Å². The van der Waals surface area contributed by atoms with Gasteiger partial charge >= 0.3 is 0 Å². The van der Waals surface area contributed by atoms with E-state index in [4.69, 9.17) is 30.1 Å². The molecule has 0 saturated carbocycles. The zero-order valence-corrected chi connectivity index (χ0v) is 10.4. The normalized spacial score (nSPS) is 26.6. The molecule has 0 aromatic heterocycles. The molecule has 0 spiro atoms. The van der Waals surface area contributed by atoms with E-state index in [-0.39, 0.29) is 41.5 Å². The molecule has 2 aromatic rings. The molecule has 0 nitrogen and oxygen atoms in total. The lowest BCUT2D eigenvalue weighted by Gasteiger charge is -2.11. The first-order valence-electron chi connectivity index (χ1n) is 7.83. The standard InChI is InChI=1S/C15H12Cl2/c16-11-6-7-12-13(9-15(17)14(12)8-11)10-4-2-1-3-5-10/h1-8,13,15H,9H2/t13-,15+/m1/s1/i1D,2D,3D,4D,5D. The Balaban J connectivity index is 2.23. The van der Waals surface area contributed by atoms with Gasteiger partial charge in [-0.15, -0.1) is 11.6 Å². The van der Waals surface area contributed by atoms with Crippen molar-refractivity contribution in [3.8, 4) is 0 Å². The smallest absolute Gasteiger partial charge is 0.0626 e. The number of alkyl halides is 1. The summed E-state index contributed by atoms with van der Waals surface area (Å²) in [5.74, 6) is -0.316. The summed E-state index contributed by atoms with van der Waals surface area (Å²) >= 11 is 12.4. The van der Waals surface area contributed by atoms with Crippen LogP contribution in [0.3, 0.4) is 0 Å². The number of fused-ring (bicyclic) bond motifs is 1. The van der Waals surface area contributed by atoms with Crippen molar-refractivity contribution < 1.29 is 6.85 Å². The molecule has 0 unspecified atom stereocenters. The van der Waals surface area contributed by atoms with Gasteiger partial charge < -0.3 is 0 Å². The Kier molecular flexibility index (Phi) is 1.75. The van der Waals surface area contributed by atoms with Crippen LogP contribution >= 0.6 is 23.2 Å². The second kappa shape index (κ2) is 4.36. The van der Waals surface area contributed by atoms with Gasteiger partial charge in [0.05, 0.1) is 12.2 Å². The summed E-state index contributed by atoms with van der Waals surface area (Å²) in [5.41, 5.74) is 2.05. The lowest BCUT2D eigenvalue weighted by molar-refractivity contribution is 0.771. The summed E-state index contributed by atoms with van der Waals surface area (Å²) in [7, 11) is 0. The van der Waals surface area contributed by atoms with Crippen LogP contribution in [0.15, 0.2) is 48.4 Å². The van der Waals surface area contributed by atoms with Gasteiger partial charge in [-0.1, -0.05) is 47.9 Å². The Morgan fingerprint density at radius 2 is 1.88 bits per heavy atom. The van der Waals surface area contributed by atoms with Crippen LogP contribution in [0.5, 0.6) is 0 Å². The Labute approximate surface area is 118 Å². The molecule has 17 heavy (non-hydrogen) atoms. The van der Waals surface area contributed by atoms with Crippen molar-refractivity contribution in [2.45, 2.75) is 17.7 Å². The lowest BCUT2D eigenvalue weighted by atomic mass is 9.93. The largest absolute Gasteiger partial charge is 0.118 e. The predicted molar refractivity (Wildman–Crippen MR) is 72.9 cm³/mol. The molecular formula is C15H12Cl2. The number of halogens is 2. The molecule has 0 amide bonds. The van der Waals surface area contributed by atoms with Gasteiger partial charge in [-0.2, -0.15) is 0 Å². The van der Waals surface area contributed by atoms with Crippen molar-refractivity contribution in [2.24, 2.45) is 0 Å². The summed E-state index contributed by atoms with van der Waals surface area (Å²) in [5, 5.41) is 0.294. The van der Waals surface area contributed by atoms with E-state index in [1.165, 1.54) is 0 Å². The van der Waals surface area contributed by atoms with E-state index in [0.29, 0.717) is 17.0 Å². The zero-order valence-electron chi connectivity index (χ0n) is 13.8. The van der Waals surface area contributed by atoms with Gasteiger partial charge in [-0.3, -0.25) is 0 Å². The highest BCUT2D eigenvalue weighted by molar-refractivity contribution is 6.31. The van der Waals surface area contributed by atoms with Crippen molar-refractivity contribution in [1.29, 1.82) is 0 Å². The molecule has 0 saturated heterocycles. The third kappa shape index (κ3) is 1.96. The topological polar surface area (TPSA) is 0 Å². The van der Waals surface area contributed by atoms with Crippen LogP contribution in [-0.2, 0) is 0 Å². The third-order valence-corrected chi connectivity index (χ3v) is 3.72. The number of hydrogen-bond acceptors (Lipinski definition) is 0. The van der Waals surface area contributed by atoms with Crippen LogP contribution in [0.2, 0.25) is 5.02 Å². The Morgan fingerprint density at radius 3 is 2.65 bits per heavy atom. The monoisotopic (exact) mass is 267 g/mol. The molecule has 3 rings (SSSR count). The third-order valence-electron chi connectivity index (χ3n) is 3.07. The molecule has 1 aliphatic carbocycles. The molecule has 86 valence electrons. The first kappa shape index (κ1) is 6.82. The maximum Gasteiger partial charge on any atom is 0.0626 e. The predicted octanol–water partition coefficient (Wildman–Crippen LogP) is 5.16. The van der Waals surface area contributed by atoms with Crippen LogP contribution in [0.1, 0.15) is 41.3 Å². The highest BCUT2D eigenvalue weighted by Gasteiger charge is 2.30. The molecule has 0 radical (unpaired) electrons. The summed E-state index contributed by atoms with van der Waals surface area (Å²) in [6, 6.07) is 4.00. The SMILES string of the molecule is [2H]c1c([2H])c([2H])c([C@H]2C[C@H](Cl)c3cc(Cl)ccc32)c([2H])c1[2H]. The summed E-state index contributed by atoms with van der Waals surface area (Å²) in [6.07, 6.45) is 0.491. The Hall–Kier alpha value is -0.980. The molecule has 2 aromatic carbocycles. The van der Waals surface area contributed by atoms with Crippen molar-refractivity contribution in [3.63, 3.8) is 0 Å². The van der Waals surface area contributed by atoms with E-state index in [0.717, 1.165) is 11.1 Å². The van der Waals surface area contributed by atoms with Gasteiger partial charge in [0.2, 0.25) is 0 Å². The highest BCUT2D eigenvalue weighted by atomic mass is 35.5. The molecular weight excluding hydrogens is 251 g/mol. The van der Waals surface area contributed by atoms with Gasteiger partial charge in [0.25, 0.3) is 0 Å². The van der Waals surface area contributed by atoms with E-state index in [1.54, 1.807) is 12.1 Å². The molecule has 0 fully saturated rings. The maximum absolute atomic E-state index is 8.11.